The molecular formula is C11H18N2O6S. The average Bonchev–Trinajstić information content (AvgIpc) is 2.83. The number of carboxylic acids is 1. The van der Waals surface area contributed by atoms with Crippen molar-refractivity contribution in [1.82, 2.24) is 9.29 Å². The number of carboxylic acid groups (broad SMARTS) is 1. The van der Waals surface area contributed by atoms with Crippen molar-refractivity contribution in [2.75, 3.05) is 26.4 Å². The number of rotatable bonds is 9. The molecule has 1 aromatic heterocycles. The summed E-state index contributed by atoms with van der Waals surface area (Å²) in [5.41, 5.74) is -0.0793. The first kappa shape index (κ1) is 16.6. The van der Waals surface area contributed by atoms with Crippen molar-refractivity contribution in [3.8, 4) is 0 Å². The molecule has 8 nitrogen and oxygen atoms in total. The number of aromatic nitrogens is 1. The summed E-state index contributed by atoms with van der Waals surface area (Å²) in [6.45, 7) is 2.25. The molecule has 0 atom stereocenters. The van der Waals surface area contributed by atoms with Crippen molar-refractivity contribution >= 4 is 16.0 Å². The van der Waals surface area contributed by atoms with Crippen molar-refractivity contribution in [3.63, 3.8) is 0 Å². The van der Waals surface area contributed by atoms with Gasteiger partial charge in [-0.25, -0.2) is 17.9 Å². The Morgan fingerprint density at radius 3 is 2.65 bits per heavy atom. The highest BCUT2D eigenvalue weighted by Gasteiger charge is 2.20. The Labute approximate surface area is 117 Å². The molecule has 0 saturated heterocycles. The van der Waals surface area contributed by atoms with Crippen molar-refractivity contribution in [2.45, 2.75) is 18.4 Å². The fourth-order valence-electron chi connectivity index (χ4n) is 1.57. The number of sulfonamides is 1. The van der Waals surface area contributed by atoms with Gasteiger partial charge in [0.25, 0.3) is 0 Å². The molecule has 1 rings (SSSR count). The van der Waals surface area contributed by atoms with Gasteiger partial charge in [0.1, 0.15) is 10.6 Å². The van der Waals surface area contributed by atoms with Gasteiger partial charge in [-0.05, 0) is 13.0 Å². The zero-order valence-corrected chi connectivity index (χ0v) is 11.9. The summed E-state index contributed by atoms with van der Waals surface area (Å²) in [5.74, 6) is -1.18. The summed E-state index contributed by atoms with van der Waals surface area (Å²) in [6, 6.07) is 1.11. The highest BCUT2D eigenvalue weighted by molar-refractivity contribution is 7.89. The maximum absolute atomic E-state index is 11.9. The lowest BCUT2D eigenvalue weighted by atomic mass is 10.4. The molecule has 114 valence electrons. The number of hydrogen-bond donors (Lipinski definition) is 3. The van der Waals surface area contributed by atoms with Crippen LogP contribution in [-0.4, -0.2) is 55.5 Å². The fraction of sp³-hybridized carbons (Fsp3) is 0.545. The number of aliphatic hydroxyl groups is 1. The smallest absolute Gasteiger partial charge is 0.352 e. The third kappa shape index (κ3) is 4.30. The van der Waals surface area contributed by atoms with E-state index in [4.69, 9.17) is 14.9 Å². The topological polar surface area (TPSA) is 118 Å². The molecule has 3 N–H and O–H groups in total. The van der Waals surface area contributed by atoms with Gasteiger partial charge in [0.05, 0.1) is 19.8 Å². The predicted octanol–water partition coefficient (Wildman–Crippen LogP) is -0.507. The number of aromatic carboxylic acids is 1. The molecule has 9 heteroatoms. The van der Waals surface area contributed by atoms with Crippen LogP contribution < -0.4 is 4.72 Å². The van der Waals surface area contributed by atoms with Gasteiger partial charge in [-0.3, -0.25) is 0 Å². The lowest BCUT2D eigenvalue weighted by Crippen LogP contribution is -2.27. The second-order valence-electron chi connectivity index (χ2n) is 3.89. The van der Waals surface area contributed by atoms with E-state index >= 15 is 0 Å². The quantitative estimate of drug-likeness (QED) is 0.529. The van der Waals surface area contributed by atoms with Crippen LogP contribution in [0.4, 0.5) is 0 Å². The van der Waals surface area contributed by atoms with Crippen molar-refractivity contribution in [1.29, 1.82) is 0 Å². The van der Waals surface area contributed by atoms with Gasteiger partial charge >= 0.3 is 5.97 Å². The third-order valence-electron chi connectivity index (χ3n) is 2.52. The van der Waals surface area contributed by atoms with Gasteiger partial charge in [-0.15, -0.1) is 0 Å². The molecule has 0 radical (unpaired) electrons. The van der Waals surface area contributed by atoms with Gasteiger partial charge in [-0.1, -0.05) is 0 Å². The summed E-state index contributed by atoms with van der Waals surface area (Å²) in [6.07, 6.45) is 1.28. The standard InChI is InChI=1S/C11H18N2O6S/c1-2-13-8-9(7-10(13)11(15)16)20(17,18)12-3-5-19-6-4-14/h7-8,12,14H,2-6H2,1H3,(H,15,16). The first-order chi connectivity index (χ1) is 9.42. The minimum absolute atomic E-state index is 0.0437. The molecule has 0 fully saturated rings. The molecule has 0 spiro atoms. The van der Waals surface area contributed by atoms with Crippen LogP contribution in [-0.2, 0) is 21.3 Å². The first-order valence-corrected chi connectivity index (χ1v) is 7.52. The number of carbonyl (C=O) groups is 1. The van der Waals surface area contributed by atoms with Gasteiger partial charge in [0.15, 0.2) is 0 Å². The van der Waals surface area contributed by atoms with Gasteiger partial charge in [0.2, 0.25) is 10.0 Å². The average molecular weight is 306 g/mol. The molecule has 0 aliphatic heterocycles. The highest BCUT2D eigenvalue weighted by atomic mass is 32.2. The largest absolute Gasteiger partial charge is 0.477 e. The number of ether oxygens (including phenoxy) is 1. The predicted molar refractivity (Wildman–Crippen MR) is 70.2 cm³/mol. The summed E-state index contributed by atoms with van der Waals surface area (Å²) in [5, 5.41) is 17.5. The van der Waals surface area contributed by atoms with E-state index in [2.05, 4.69) is 4.72 Å². The molecule has 0 saturated carbocycles. The maximum atomic E-state index is 11.9. The maximum Gasteiger partial charge on any atom is 0.352 e. The Kier molecular flexibility index (Phi) is 6.14. The van der Waals surface area contributed by atoms with Crippen LogP contribution in [0.1, 0.15) is 17.4 Å². The number of nitrogens with one attached hydrogen (secondary N) is 1. The zero-order valence-electron chi connectivity index (χ0n) is 11.1. The van der Waals surface area contributed by atoms with E-state index in [-0.39, 0.29) is 37.0 Å². The number of nitrogens with zero attached hydrogens (tertiary/aromatic N) is 1. The van der Waals surface area contributed by atoms with Crippen LogP contribution in [0.15, 0.2) is 17.2 Å². The molecule has 1 heterocycles. The Bertz CT molecular complexity index is 551. The van der Waals surface area contributed by atoms with Crippen LogP contribution >= 0.6 is 0 Å². The van der Waals surface area contributed by atoms with Crippen LogP contribution in [0.3, 0.4) is 0 Å². The lowest BCUT2D eigenvalue weighted by Gasteiger charge is -2.05. The van der Waals surface area contributed by atoms with Gasteiger partial charge in [0, 0.05) is 19.3 Å². The normalized spacial score (nSPS) is 11.7. The van der Waals surface area contributed by atoms with Crippen LogP contribution in [0.5, 0.6) is 0 Å². The molecule has 20 heavy (non-hydrogen) atoms. The summed E-state index contributed by atoms with van der Waals surface area (Å²) in [7, 11) is -3.77. The summed E-state index contributed by atoms with van der Waals surface area (Å²) < 4.78 is 32.5. The Morgan fingerprint density at radius 1 is 1.45 bits per heavy atom. The van der Waals surface area contributed by atoms with Gasteiger partial charge in [-0.2, -0.15) is 0 Å². The van der Waals surface area contributed by atoms with E-state index in [0.717, 1.165) is 6.07 Å². The van der Waals surface area contributed by atoms with Crippen molar-refractivity contribution in [2.24, 2.45) is 0 Å². The molecule has 1 aromatic rings. The number of hydrogen-bond acceptors (Lipinski definition) is 5. The fourth-order valence-corrected chi connectivity index (χ4v) is 2.62. The SMILES string of the molecule is CCn1cc(S(=O)(=O)NCCOCCO)cc1C(=O)O. The lowest BCUT2D eigenvalue weighted by molar-refractivity contribution is 0.0685. The van der Waals surface area contributed by atoms with Gasteiger partial charge < -0.3 is 19.5 Å². The van der Waals surface area contributed by atoms with Crippen molar-refractivity contribution < 1.29 is 28.2 Å². The van der Waals surface area contributed by atoms with E-state index in [1.165, 1.54) is 10.8 Å². The number of aryl methyl sites for hydroxylation is 1. The molecule has 0 bridgehead atoms. The molecule has 0 aliphatic carbocycles. The van der Waals surface area contributed by atoms with Crippen LogP contribution in [0.2, 0.25) is 0 Å². The second kappa shape index (κ2) is 7.39. The molecule has 0 amide bonds. The summed E-state index contributed by atoms with van der Waals surface area (Å²) >= 11 is 0. The van der Waals surface area contributed by atoms with Crippen LogP contribution in [0.25, 0.3) is 0 Å². The highest BCUT2D eigenvalue weighted by Crippen LogP contribution is 2.14. The molecule has 0 aliphatic rings. The minimum Gasteiger partial charge on any atom is -0.477 e. The zero-order chi connectivity index (χ0) is 15.2. The van der Waals surface area contributed by atoms with E-state index in [9.17, 15) is 13.2 Å². The minimum atomic E-state index is -3.77. The Morgan fingerprint density at radius 2 is 2.15 bits per heavy atom. The monoisotopic (exact) mass is 306 g/mol. The Balaban J connectivity index is 2.75. The van der Waals surface area contributed by atoms with Crippen molar-refractivity contribution in [3.05, 3.63) is 18.0 Å². The van der Waals surface area contributed by atoms with E-state index < -0.39 is 16.0 Å². The third-order valence-corrected chi connectivity index (χ3v) is 3.94. The first-order valence-electron chi connectivity index (χ1n) is 6.04. The summed E-state index contributed by atoms with van der Waals surface area (Å²) in [4.78, 5) is 10.9. The van der Waals surface area contributed by atoms with E-state index in [1.807, 2.05) is 0 Å². The van der Waals surface area contributed by atoms with E-state index in [0.29, 0.717) is 6.54 Å². The van der Waals surface area contributed by atoms with E-state index in [1.54, 1.807) is 6.92 Å². The second-order valence-corrected chi connectivity index (χ2v) is 5.65. The van der Waals surface area contributed by atoms with Crippen LogP contribution in [0, 0.1) is 0 Å². The molecule has 0 unspecified atom stereocenters. The Hall–Kier alpha value is -1.42. The number of aliphatic hydroxyl groups excluding tert-OH is 1. The molecule has 0 aromatic carbocycles. The molecular weight excluding hydrogens is 288 g/mol.